The SMILES string of the molecule is NC(c1ccc(O)cc1Cl)C(F)F. The third-order valence-electron chi connectivity index (χ3n) is 1.61. The van der Waals surface area contributed by atoms with Crippen molar-refractivity contribution in [1.29, 1.82) is 0 Å². The molecule has 1 aromatic rings. The minimum Gasteiger partial charge on any atom is -0.508 e. The zero-order chi connectivity index (χ0) is 10.0. The molecule has 5 heteroatoms. The maximum Gasteiger partial charge on any atom is 0.257 e. The lowest BCUT2D eigenvalue weighted by atomic mass is 10.1. The van der Waals surface area contributed by atoms with Gasteiger partial charge >= 0.3 is 0 Å². The summed E-state index contributed by atoms with van der Waals surface area (Å²) in [7, 11) is 0. The molecule has 0 radical (unpaired) electrons. The van der Waals surface area contributed by atoms with Crippen LogP contribution in [0.15, 0.2) is 18.2 Å². The Balaban J connectivity index is 3.01. The molecule has 0 aliphatic carbocycles. The second-order valence-electron chi connectivity index (χ2n) is 2.57. The van der Waals surface area contributed by atoms with Crippen molar-refractivity contribution in [3.05, 3.63) is 28.8 Å². The minimum atomic E-state index is -2.66. The fourth-order valence-corrected chi connectivity index (χ4v) is 1.22. The van der Waals surface area contributed by atoms with Gasteiger partial charge in [-0.1, -0.05) is 17.7 Å². The van der Waals surface area contributed by atoms with Gasteiger partial charge in [0.15, 0.2) is 0 Å². The molecule has 0 aliphatic heterocycles. The Kier molecular flexibility index (Phi) is 3.06. The van der Waals surface area contributed by atoms with Gasteiger partial charge in [0.2, 0.25) is 0 Å². The van der Waals surface area contributed by atoms with E-state index in [2.05, 4.69) is 0 Å². The molecule has 0 aromatic heterocycles. The van der Waals surface area contributed by atoms with Gasteiger partial charge in [0, 0.05) is 5.02 Å². The highest BCUT2D eigenvalue weighted by molar-refractivity contribution is 6.31. The minimum absolute atomic E-state index is 0.0489. The summed E-state index contributed by atoms with van der Waals surface area (Å²) in [6.07, 6.45) is -2.66. The third-order valence-corrected chi connectivity index (χ3v) is 1.94. The molecule has 0 fully saturated rings. The average molecular weight is 208 g/mol. The van der Waals surface area contributed by atoms with Crippen molar-refractivity contribution in [3.63, 3.8) is 0 Å². The fourth-order valence-electron chi connectivity index (χ4n) is 0.922. The highest BCUT2D eigenvalue weighted by atomic mass is 35.5. The summed E-state index contributed by atoms with van der Waals surface area (Å²) < 4.78 is 24.3. The molecule has 0 aliphatic rings. The first kappa shape index (κ1) is 10.2. The molecule has 13 heavy (non-hydrogen) atoms. The van der Waals surface area contributed by atoms with E-state index in [4.69, 9.17) is 22.4 Å². The molecule has 2 nitrogen and oxygen atoms in total. The monoisotopic (exact) mass is 207 g/mol. The molecule has 0 bridgehead atoms. The summed E-state index contributed by atoms with van der Waals surface area (Å²) in [5, 5.41) is 8.99. The van der Waals surface area contributed by atoms with Crippen molar-refractivity contribution < 1.29 is 13.9 Å². The highest BCUT2D eigenvalue weighted by Crippen LogP contribution is 2.28. The van der Waals surface area contributed by atoms with Crippen molar-refractivity contribution in [3.8, 4) is 5.75 Å². The van der Waals surface area contributed by atoms with Crippen molar-refractivity contribution in [1.82, 2.24) is 0 Å². The normalized spacial score (nSPS) is 13.3. The predicted molar refractivity (Wildman–Crippen MR) is 46.0 cm³/mol. The van der Waals surface area contributed by atoms with Crippen molar-refractivity contribution in [2.24, 2.45) is 5.73 Å². The Labute approximate surface area is 78.9 Å². The van der Waals surface area contributed by atoms with Gasteiger partial charge in [-0.3, -0.25) is 0 Å². The smallest absolute Gasteiger partial charge is 0.257 e. The van der Waals surface area contributed by atoms with Crippen LogP contribution in [0.5, 0.6) is 5.75 Å². The lowest BCUT2D eigenvalue weighted by molar-refractivity contribution is 0.116. The molecular formula is C8H8ClF2NO. The number of aromatic hydroxyl groups is 1. The number of phenolic OH excluding ortho intramolecular Hbond substituents is 1. The van der Waals surface area contributed by atoms with Crippen LogP contribution in [0.1, 0.15) is 11.6 Å². The quantitative estimate of drug-likeness (QED) is 0.782. The number of nitrogens with two attached hydrogens (primary N) is 1. The fraction of sp³-hybridized carbons (Fsp3) is 0.250. The van der Waals surface area contributed by atoms with Crippen LogP contribution in [0.2, 0.25) is 5.02 Å². The number of benzene rings is 1. The number of hydrogen-bond donors (Lipinski definition) is 2. The summed E-state index contributed by atoms with van der Waals surface area (Å²) in [5.74, 6) is -0.0739. The Bertz CT molecular complexity index is 306. The Morgan fingerprint density at radius 2 is 2.00 bits per heavy atom. The zero-order valence-electron chi connectivity index (χ0n) is 6.55. The van der Waals surface area contributed by atoms with E-state index in [9.17, 15) is 8.78 Å². The van der Waals surface area contributed by atoms with E-state index >= 15 is 0 Å². The van der Waals surface area contributed by atoms with Gasteiger partial charge in [0.25, 0.3) is 6.43 Å². The van der Waals surface area contributed by atoms with Gasteiger partial charge in [-0.15, -0.1) is 0 Å². The second-order valence-corrected chi connectivity index (χ2v) is 2.97. The molecule has 3 N–H and O–H groups in total. The lowest BCUT2D eigenvalue weighted by Crippen LogP contribution is -2.19. The molecule has 0 amide bonds. The summed E-state index contributed by atoms with van der Waals surface area (Å²) in [6, 6.07) is 2.32. The van der Waals surface area contributed by atoms with Crippen LogP contribution in [0.4, 0.5) is 8.78 Å². The number of rotatable bonds is 2. The topological polar surface area (TPSA) is 46.2 Å². The number of hydrogen-bond acceptors (Lipinski definition) is 2. The van der Waals surface area contributed by atoms with E-state index in [-0.39, 0.29) is 16.3 Å². The molecule has 72 valence electrons. The lowest BCUT2D eigenvalue weighted by Gasteiger charge is -2.12. The number of halogens is 3. The third kappa shape index (κ3) is 2.29. The van der Waals surface area contributed by atoms with Gasteiger partial charge in [-0.05, 0) is 17.7 Å². The molecule has 0 spiro atoms. The van der Waals surface area contributed by atoms with E-state index in [0.29, 0.717) is 0 Å². The first-order valence-electron chi connectivity index (χ1n) is 3.54. The molecule has 0 saturated carbocycles. The van der Waals surface area contributed by atoms with Crippen LogP contribution in [0.3, 0.4) is 0 Å². The largest absolute Gasteiger partial charge is 0.508 e. The van der Waals surface area contributed by atoms with E-state index in [1.807, 2.05) is 0 Å². The molecule has 0 saturated heterocycles. The van der Waals surface area contributed by atoms with Crippen molar-refractivity contribution >= 4 is 11.6 Å². The van der Waals surface area contributed by atoms with Crippen molar-refractivity contribution in [2.45, 2.75) is 12.5 Å². The van der Waals surface area contributed by atoms with Crippen LogP contribution >= 0.6 is 11.6 Å². The molecule has 1 atom stereocenters. The van der Waals surface area contributed by atoms with Gasteiger partial charge in [-0.25, -0.2) is 8.78 Å². The van der Waals surface area contributed by atoms with E-state index in [1.165, 1.54) is 18.2 Å². The summed E-state index contributed by atoms with van der Waals surface area (Å²) >= 11 is 5.60. The Morgan fingerprint density at radius 1 is 1.38 bits per heavy atom. The number of alkyl halides is 2. The molecular weight excluding hydrogens is 200 g/mol. The standard InChI is InChI=1S/C8H8ClF2NO/c9-6-3-4(13)1-2-5(6)7(12)8(10)11/h1-3,7-8,13H,12H2. The molecule has 1 unspecified atom stereocenters. The first-order chi connectivity index (χ1) is 6.02. The molecule has 1 rings (SSSR count). The highest BCUT2D eigenvalue weighted by Gasteiger charge is 2.19. The maximum absolute atomic E-state index is 12.1. The van der Waals surface area contributed by atoms with Crippen LogP contribution < -0.4 is 5.73 Å². The van der Waals surface area contributed by atoms with E-state index in [0.717, 1.165) is 0 Å². The summed E-state index contributed by atoms with van der Waals surface area (Å²) in [6.45, 7) is 0. The van der Waals surface area contributed by atoms with Gasteiger partial charge < -0.3 is 10.8 Å². The average Bonchev–Trinajstić information content (AvgIpc) is 2.03. The van der Waals surface area contributed by atoms with Crippen LogP contribution in [-0.4, -0.2) is 11.5 Å². The first-order valence-corrected chi connectivity index (χ1v) is 3.92. The summed E-state index contributed by atoms with van der Waals surface area (Å²) in [4.78, 5) is 0. The predicted octanol–water partition coefficient (Wildman–Crippen LogP) is 2.31. The molecule has 0 heterocycles. The van der Waals surface area contributed by atoms with Gasteiger partial charge in [-0.2, -0.15) is 0 Å². The zero-order valence-corrected chi connectivity index (χ0v) is 7.30. The molecule has 1 aromatic carbocycles. The van der Waals surface area contributed by atoms with Crippen molar-refractivity contribution in [2.75, 3.05) is 0 Å². The van der Waals surface area contributed by atoms with Crippen LogP contribution in [0, 0.1) is 0 Å². The van der Waals surface area contributed by atoms with Crippen LogP contribution in [0.25, 0.3) is 0 Å². The van der Waals surface area contributed by atoms with Gasteiger partial charge in [0.1, 0.15) is 5.75 Å². The van der Waals surface area contributed by atoms with E-state index < -0.39 is 12.5 Å². The number of phenols is 1. The van der Waals surface area contributed by atoms with Crippen LogP contribution in [-0.2, 0) is 0 Å². The second kappa shape index (κ2) is 3.89. The Morgan fingerprint density at radius 3 is 2.46 bits per heavy atom. The maximum atomic E-state index is 12.1. The summed E-state index contributed by atoms with van der Waals surface area (Å²) in [5.41, 5.74) is 5.31. The van der Waals surface area contributed by atoms with Gasteiger partial charge in [0.05, 0.1) is 6.04 Å². The van der Waals surface area contributed by atoms with E-state index in [1.54, 1.807) is 0 Å². The Hall–Kier alpha value is -0.870.